The minimum Gasteiger partial charge on any atom is -0.356 e. The molecule has 0 aliphatic carbocycles. The van der Waals surface area contributed by atoms with E-state index in [1.54, 1.807) is 12.3 Å². The second kappa shape index (κ2) is 7.40. The van der Waals surface area contributed by atoms with E-state index in [1.807, 2.05) is 15.8 Å². The summed E-state index contributed by atoms with van der Waals surface area (Å²) in [5, 5.41) is 8.57. The van der Waals surface area contributed by atoms with Crippen LogP contribution < -0.4 is 5.32 Å². The van der Waals surface area contributed by atoms with Crippen molar-refractivity contribution in [3.05, 3.63) is 40.9 Å². The maximum Gasteiger partial charge on any atom is 0.270 e. The van der Waals surface area contributed by atoms with Crippen molar-refractivity contribution in [3.63, 3.8) is 0 Å². The number of halogens is 1. The van der Waals surface area contributed by atoms with Crippen molar-refractivity contribution in [1.82, 2.24) is 25.0 Å². The first-order chi connectivity index (χ1) is 11.6. The van der Waals surface area contributed by atoms with Crippen LogP contribution in [-0.4, -0.2) is 44.7 Å². The van der Waals surface area contributed by atoms with E-state index in [4.69, 9.17) is 11.6 Å². The van der Waals surface area contributed by atoms with E-state index in [1.165, 1.54) is 5.69 Å². The molecule has 1 fully saturated rings. The number of H-pyrrole nitrogens is 1. The number of piperidine rings is 1. The van der Waals surface area contributed by atoms with E-state index in [2.05, 4.69) is 35.3 Å². The van der Waals surface area contributed by atoms with Gasteiger partial charge in [-0.05, 0) is 38.8 Å². The number of hydrogen-bond donors (Lipinski definition) is 2. The van der Waals surface area contributed by atoms with E-state index >= 15 is 0 Å². The summed E-state index contributed by atoms with van der Waals surface area (Å²) in [7, 11) is 0. The van der Waals surface area contributed by atoms with Gasteiger partial charge in [0.05, 0.1) is 10.7 Å². The maximum absolute atomic E-state index is 12.4. The standard InChI is InChI=1S/C17H24ClN5O/c1-3-23-16(4-7-20-23)12(2)21-14-5-8-22(9-6-14)17(24)15-10-13(18)11-19-15/h4,7,10-12,14,19,21H,3,5-6,8-9H2,1-2H3. The fourth-order valence-electron chi connectivity index (χ4n) is 3.32. The highest BCUT2D eigenvalue weighted by atomic mass is 35.5. The Morgan fingerprint density at radius 2 is 2.25 bits per heavy atom. The minimum absolute atomic E-state index is 0.0254. The van der Waals surface area contributed by atoms with Crippen LogP contribution in [0.4, 0.5) is 0 Å². The lowest BCUT2D eigenvalue weighted by molar-refractivity contribution is 0.0697. The molecule has 1 unspecified atom stereocenters. The number of hydrogen-bond acceptors (Lipinski definition) is 3. The lowest BCUT2D eigenvalue weighted by Gasteiger charge is -2.33. The molecule has 1 saturated heterocycles. The average molecular weight is 350 g/mol. The summed E-state index contributed by atoms with van der Waals surface area (Å²) in [6, 6.07) is 4.41. The molecule has 7 heteroatoms. The van der Waals surface area contributed by atoms with Gasteiger partial charge in [0.25, 0.3) is 5.91 Å². The van der Waals surface area contributed by atoms with Crippen molar-refractivity contribution in [1.29, 1.82) is 0 Å². The zero-order valence-corrected chi connectivity index (χ0v) is 14.9. The van der Waals surface area contributed by atoms with Crippen LogP contribution in [0.25, 0.3) is 0 Å². The molecule has 2 aromatic rings. The SMILES string of the molecule is CCn1nccc1C(C)NC1CCN(C(=O)c2cc(Cl)c[nH]2)CC1. The maximum atomic E-state index is 12.4. The van der Waals surface area contributed by atoms with Gasteiger partial charge in [0.1, 0.15) is 5.69 Å². The number of aromatic amines is 1. The fraction of sp³-hybridized carbons (Fsp3) is 0.529. The van der Waals surface area contributed by atoms with E-state index in [9.17, 15) is 4.79 Å². The van der Waals surface area contributed by atoms with Crippen LogP contribution in [0.15, 0.2) is 24.5 Å². The molecule has 0 aromatic carbocycles. The Hall–Kier alpha value is -1.79. The van der Waals surface area contributed by atoms with Crippen LogP contribution in [0.3, 0.4) is 0 Å². The smallest absolute Gasteiger partial charge is 0.270 e. The highest BCUT2D eigenvalue weighted by molar-refractivity contribution is 6.30. The summed E-state index contributed by atoms with van der Waals surface area (Å²) < 4.78 is 2.02. The molecule has 1 atom stereocenters. The van der Waals surface area contributed by atoms with Gasteiger partial charge in [-0.1, -0.05) is 11.6 Å². The van der Waals surface area contributed by atoms with Gasteiger partial charge >= 0.3 is 0 Å². The summed E-state index contributed by atoms with van der Waals surface area (Å²) >= 11 is 5.88. The zero-order valence-electron chi connectivity index (χ0n) is 14.1. The number of nitrogens with zero attached hydrogens (tertiary/aromatic N) is 3. The Morgan fingerprint density at radius 1 is 1.50 bits per heavy atom. The van der Waals surface area contributed by atoms with Crippen molar-refractivity contribution in [2.24, 2.45) is 0 Å². The lowest BCUT2D eigenvalue weighted by atomic mass is 10.0. The quantitative estimate of drug-likeness (QED) is 0.872. The van der Waals surface area contributed by atoms with Crippen LogP contribution in [0.5, 0.6) is 0 Å². The fourth-order valence-corrected chi connectivity index (χ4v) is 3.49. The second-order valence-electron chi connectivity index (χ2n) is 6.26. The molecule has 2 aromatic heterocycles. The Balaban J connectivity index is 1.52. The van der Waals surface area contributed by atoms with Crippen molar-refractivity contribution in [3.8, 4) is 0 Å². The molecule has 2 N–H and O–H groups in total. The zero-order chi connectivity index (χ0) is 17.1. The predicted octanol–water partition coefficient (Wildman–Crippen LogP) is 2.84. The molecule has 24 heavy (non-hydrogen) atoms. The minimum atomic E-state index is 0.0254. The Kier molecular flexibility index (Phi) is 5.26. The van der Waals surface area contributed by atoms with Gasteiger partial charge in [0, 0.05) is 44.1 Å². The normalized spacial score (nSPS) is 17.2. The van der Waals surface area contributed by atoms with Gasteiger partial charge in [0.15, 0.2) is 0 Å². The Labute approximate surface area is 147 Å². The molecule has 0 radical (unpaired) electrons. The molecular formula is C17H24ClN5O. The highest BCUT2D eigenvalue weighted by Crippen LogP contribution is 2.19. The first-order valence-corrected chi connectivity index (χ1v) is 8.87. The molecule has 0 bridgehead atoms. The van der Waals surface area contributed by atoms with Gasteiger partial charge in [0.2, 0.25) is 0 Å². The highest BCUT2D eigenvalue weighted by Gasteiger charge is 2.25. The van der Waals surface area contributed by atoms with Gasteiger partial charge < -0.3 is 15.2 Å². The molecule has 1 aliphatic heterocycles. The Bertz CT molecular complexity index is 687. The van der Waals surface area contributed by atoms with E-state index in [0.29, 0.717) is 16.8 Å². The lowest BCUT2D eigenvalue weighted by Crippen LogP contribution is -2.45. The van der Waals surface area contributed by atoms with Gasteiger partial charge in [-0.15, -0.1) is 0 Å². The predicted molar refractivity (Wildman–Crippen MR) is 94.2 cm³/mol. The average Bonchev–Trinajstić information content (AvgIpc) is 3.23. The number of aryl methyl sites for hydroxylation is 1. The number of amides is 1. The molecule has 3 rings (SSSR count). The molecule has 0 spiro atoms. The van der Waals surface area contributed by atoms with E-state index in [-0.39, 0.29) is 11.9 Å². The van der Waals surface area contributed by atoms with Crippen molar-refractivity contribution < 1.29 is 4.79 Å². The number of carbonyl (C=O) groups is 1. The van der Waals surface area contributed by atoms with Crippen LogP contribution in [-0.2, 0) is 6.54 Å². The van der Waals surface area contributed by atoms with Gasteiger partial charge in [-0.25, -0.2) is 0 Å². The summed E-state index contributed by atoms with van der Waals surface area (Å²) in [6.45, 7) is 6.65. The largest absolute Gasteiger partial charge is 0.356 e. The topological polar surface area (TPSA) is 66.0 Å². The number of carbonyl (C=O) groups excluding carboxylic acids is 1. The van der Waals surface area contributed by atoms with Crippen LogP contribution in [0.2, 0.25) is 5.02 Å². The third kappa shape index (κ3) is 3.65. The molecule has 6 nitrogen and oxygen atoms in total. The molecule has 3 heterocycles. The van der Waals surface area contributed by atoms with Crippen LogP contribution in [0.1, 0.15) is 48.9 Å². The van der Waals surface area contributed by atoms with E-state index in [0.717, 1.165) is 32.5 Å². The van der Waals surface area contributed by atoms with E-state index < -0.39 is 0 Å². The van der Waals surface area contributed by atoms with Crippen LogP contribution in [0, 0.1) is 0 Å². The van der Waals surface area contributed by atoms with Crippen LogP contribution >= 0.6 is 11.6 Å². The van der Waals surface area contributed by atoms with Crippen molar-refractivity contribution in [2.45, 2.75) is 45.3 Å². The van der Waals surface area contributed by atoms with Gasteiger partial charge in [-0.2, -0.15) is 5.10 Å². The third-order valence-electron chi connectivity index (χ3n) is 4.64. The molecule has 1 aliphatic rings. The molecule has 130 valence electrons. The number of nitrogens with one attached hydrogen (secondary N) is 2. The van der Waals surface area contributed by atoms with Crippen molar-refractivity contribution in [2.75, 3.05) is 13.1 Å². The third-order valence-corrected chi connectivity index (χ3v) is 4.86. The first kappa shape index (κ1) is 17.0. The van der Waals surface area contributed by atoms with Gasteiger partial charge in [-0.3, -0.25) is 9.48 Å². The number of likely N-dealkylation sites (tertiary alicyclic amines) is 1. The molecular weight excluding hydrogens is 326 g/mol. The summed E-state index contributed by atoms with van der Waals surface area (Å²) in [6.07, 6.45) is 5.39. The summed E-state index contributed by atoms with van der Waals surface area (Å²) in [4.78, 5) is 17.2. The number of rotatable bonds is 5. The molecule has 0 saturated carbocycles. The van der Waals surface area contributed by atoms with Crippen molar-refractivity contribution >= 4 is 17.5 Å². The summed E-state index contributed by atoms with van der Waals surface area (Å²) in [5.41, 5.74) is 1.77. The number of aromatic nitrogens is 3. The summed E-state index contributed by atoms with van der Waals surface area (Å²) in [5.74, 6) is 0.0254. The monoisotopic (exact) mass is 349 g/mol. The first-order valence-electron chi connectivity index (χ1n) is 8.49. The molecule has 1 amide bonds. The second-order valence-corrected chi connectivity index (χ2v) is 6.69. The Morgan fingerprint density at radius 3 is 2.88 bits per heavy atom.